The fraction of sp³-hybridized carbons (Fsp3) is 0.333. The van der Waals surface area contributed by atoms with E-state index in [0.29, 0.717) is 22.8 Å². The molecule has 6 rings (SSSR count). The molecule has 1 amide bonds. The van der Waals surface area contributed by atoms with E-state index in [1.54, 1.807) is 29.2 Å². The van der Waals surface area contributed by atoms with Gasteiger partial charge in [0.05, 0.1) is 27.4 Å². The van der Waals surface area contributed by atoms with Crippen molar-refractivity contribution in [1.29, 1.82) is 0 Å². The topological polar surface area (TPSA) is 82.6 Å². The van der Waals surface area contributed by atoms with Crippen molar-refractivity contribution in [3.05, 3.63) is 74.4 Å². The molecule has 0 aliphatic carbocycles. The van der Waals surface area contributed by atoms with Crippen molar-refractivity contribution in [3.63, 3.8) is 0 Å². The average molecular weight is 584 g/mol. The quantitative estimate of drug-likeness (QED) is 0.423. The zero-order valence-corrected chi connectivity index (χ0v) is 22.5. The number of hydrogen-bond donors (Lipinski definition) is 1. The highest BCUT2D eigenvalue weighted by Gasteiger charge is 2.51. The van der Waals surface area contributed by atoms with Crippen molar-refractivity contribution in [3.8, 4) is 11.5 Å². The lowest BCUT2D eigenvalue weighted by atomic mass is 9.89. The Morgan fingerprint density at radius 1 is 1.00 bits per heavy atom. The molecule has 0 spiro atoms. The summed E-state index contributed by atoms with van der Waals surface area (Å²) in [6, 6.07) is 16.8. The van der Waals surface area contributed by atoms with Gasteiger partial charge in [-0.1, -0.05) is 24.3 Å². The molecule has 1 unspecified atom stereocenters. The maximum Gasteiger partial charge on any atom is 0.265 e. The van der Waals surface area contributed by atoms with Gasteiger partial charge in [-0.05, 0) is 51.8 Å². The Balaban J connectivity index is 1.11. The van der Waals surface area contributed by atoms with Crippen molar-refractivity contribution in [2.75, 3.05) is 44.5 Å². The lowest BCUT2D eigenvalue weighted by Gasteiger charge is -2.37. The highest BCUT2D eigenvalue weighted by Crippen LogP contribution is 2.43. The first kappa shape index (κ1) is 24.6. The van der Waals surface area contributed by atoms with Gasteiger partial charge in [0, 0.05) is 38.3 Å². The second-order valence-electron chi connectivity index (χ2n) is 9.54. The molecular weight excluding hydrogens is 558 g/mol. The number of fused-ring (bicyclic) bond motifs is 2. The van der Waals surface area contributed by atoms with Crippen LogP contribution < -0.4 is 14.4 Å². The minimum absolute atomic E-state index is 0.250. The molecule has 192 valence electrons. The number of ether oxygens (including phenoxy) is 2. The Bertz CT molecular complexity index is 1360. The third-order valence-electron chi connectivity index (χ3n) is 7.15. The number of para-hydroxylation sites is 1. The van der Waals surface area contributed by atoms with Gasteiger partial charge < -0.3 is 14.6 Å². The summed E-state index contributed by atoms with van der Waals surface area (Å²) >= 11 is 4.67. The van der Waals surface area contributed by atoms with Gasteiger partial charge in [-0.2, -0.15) is 0 Å². The van der Waals surface area contributed by atoms with Crippen molar-refractivity contribution >= 4 is 44.6 Å². The van der Waals surface area contributed by atoms with Gasteiger partial charge in [0.2, 0.25) is 6.79 Å². The predicted octanol–water partition coefficient (Wildman–Crippen LogP) is 3.82. The van der Waals surface area contributed by atoms with E-state index in [-0.39, 0.29) is 19.0 Å². The van der Waals surface area contributed by atoms with Gasteiger partial charge in [0.15, 0.2) is 22.9 Å². The Hall–Kier alpha value is -2.76. The highest BCUT2D eigenvalue weighted by atomic mass is 79.9. The molecule has 0 bridgehead atoms. The zero-order chi connectivity index (χ0) is 25.6. The molecule has 4 heterocycles. The number of benzene rings is 2. The molecule has 2 aromatic carbocycles. The van der Waals surface area contributed by atoms with Crippen molar-refractivity contribution in [2.45, 2.75) is 18.6 Å². The van der Waals surface area contributed by atoms with Gasteiger partial charge >= 0.3 is 0 Å². The summed E-state index contributed by atoms with van der Waals surface area (Å²) in [6.07, 6.45) is -0.282. The molecular formula is C27H26BrN3O5S. The SMILES string of the molecule is O=C(CC1(O)C(=O)N(CN2CCN(Cc3ccc4c(c3)OCO4)CC2)c2ccccc21)c1ccc(Br)s1. The molecule has 1 atom stereocenters. The highest BCUT2D eigenvalue weighted by molar-refractivity contribution is 9.11. The van der Waals surface area contributed by atoms with E-state index in [1.165, 1.54) is 16.9 Å². The number of hydrogen-bond acceptors (Lipinski definition) is 8. The van der Waals surface area contributed by atoms with Crippen LogP contribution in [0.25, 0.3) is 0 Å². The van der Waals surface area contributed by atoms with Crippen molar-refractivity contribution in [1.82, 2.24) is 9.80 Å². The normalized spacial score (nSPS) is 21.5. The molecule has 1 saturated heterocycles. The zero-order valence-electron chi connectivity index (χ0n) is 20.1. The summed E-state index contributed by atoms with van der Waals surface area (Å²) in [5, 5.41) is 11.6. The number of aliphatic hydroxyl groups is 1. The Morgan fingerprint density at radius 3 is 2.54 bits per heavy atom. The molecule has 8 nitrogen and oxygen atoms in total. The molecule has 3 aromatic rings. The Morgan fingerprint density at radius 2 is 1.76 bits per heavy atom. The maximum absolute atomic E-state index is 13.6. The van der Waals surface area contributed by atoms with Gasteiger partial charge in [-0.25, -0.2) is 0 Å². The number of anilines is 1. The third kappa shape index (κ3) is 4.68. The van der Waals surface area contributed by atoms with Crippen LogP contribution in [0.5, 0.6) is 11.5 Å². The van der Waals surface area contributed by atoms with Crippen LogP contribution in [-0.2, 0) is 16.9 Å². The van der Waals surface area contributed by atoms with Crippen molar-refractivity contribution in [2.24, 2.45) is 0 Å². The first-order valence-electron chi connectivity index (χ1n) is 12.2. The second kappa shape index (κ2) is 9.85. The second-order valence-corrected chi connectivity index (χ2v) is 12.0. The van der Waals surface area contributed by atoms with Crippen LogP contribution in [0.4, 0.5) is 5.69 Å². The lowest BCUT2D eigenvalue weighted by molar-refractivity contribution is -0.136. The van der Waals surface area contributed by atoms with E-state index < -0.39 is 11.5 Å². The smallest absolute Gasteiger partial charge is 0.265 e. The standard InChI is InChI=1S/C27H26BrN3O5S/c28-25-8-7-24(37-25)21(32)14-27(34)19-3-1-2-4-20(19)31(26(27)33)16-30-11-9-29(10-12-30)15-18-5-6-22-23(13-18)36-17-35-22/h1-8,13,34H,9-12,14-17H2. The lowest BCUT2D eigenvalue weighted by Crippen LogP contribution is -2.52. The number of carbonyl (C=O) groups is 2. The molecule has 3 aliphatic rings. The summed E-state index contributed by atoms with van der Waals surface area (Å²) in [5.74, 6) is 0.884. The number of Topliss-reactive ketones (excluding diaryl/α,β-unsaturated/α-hetero) is 1. The van der Waals surface area contributed by atoms with E-state index in [9.17, 15) is 14.7 Å². The fourth-order valence-electron chi connectivity index (χ4n) is 5.19. The summed E-state index contributed by atoms with van der Waals surface area (Å²) < 4.78 is 11.7. The van der Waals surface area contributed by atoms with E-state index in [2.05, 4.69) is 31.8 Å². The predicted molar refractivity (Wildman–Crippen MR) is 143 cm³/mol. The van der Waals surface area contributed by atoms with Gasteiger partial charge in [-0.3, -0.25) is 24.3 Å². The van der Waals surface area contributed by atoms with Crippen LogP contribution in [0.1, 0.15) is 27.2 Å². The van der Waals surface area contributed by atoms with Crippen LogP contribution in [-0.4, -0.2) is 66.2 Å². The summed E-state index contributed by atoms with van der Waals surface area (Å²) in [5.41, 5.74) is 0.461. The van der Waals surface area contributed by atoms with E-state index in [0.717, 1.165) is 48.0 Å². The number of piperazine rings is 1. The molecule has 3 aliphatic heterocycles. The minimum Gasteiger partial charge on any atom is -0.454 e. The Kier molecular flexibility index (Phi) is 6.54. The number of halogens is 1. The molecule has 0 saturated carbocycles. The average Bonchev–Trinajstić information content (AvgIpc) is 3.60. The number of rotatable bonds is 7. The molecule has 37 heavy (non-hydrogen) atoms. The largest absolute Gasteiger partial charge is 0.454 e. The summed E-state index contributed by atoms with van der Waals surface area (Å²) in [7, 11) is 0. The molecule has 10 heteroatoms. The summed E-state index contributed by atoms with van der Waals surface area (Å²) in [4.78, 5) is 33.3. The van der Waals surface area contributed by atoms with E-state index in [1.807, 2.05) is 24.3 Å². The molecule has 1 N–H and O–H groups in total. The van der Waals surface area contributed by atoms with E-state index >= 15 is 0 Å². The number of ketones is 1. The van der Waals surface area contributed by atoms with Crippen LogP contribution in [0.2, 0.25) is 0 Å². The number of nitrogens with zero attached hydrogens (tertiary/aromatic N) is 3. The maximum atomic E-state index is 13.6. The number of amides is 1. The molecule has 0 radical (unpaired) electrons. The minimum atomic E-state index is -1.87. The molecule has 1 aromatic heterocycles. The Labute approximate surface area is 227 Å². The van der Waals surface area contributed by atoms with Crippen LogP contribution >= 0.6 is 27.3 Å². The van der Waals surface area contributed by atoms with E-state index in [4.69, 9.17) is 9.47 Å². The fourth-order valence-corrected chi connectivity index (χ4v) is 6.51. The third-order valence-corrected chi connectivity index (χ3v) is 8.82. The van der Waals surface area contributed by atoms with Gasteiger partial charge in [0.1, 0.15) is 0 Å². The number of thiophene rings is 1. The summed E-state index contributed by atoms with van der Waals surface area (Å²) in [6.45, 7) is 4.74. The number of carbonyl (C=O) groups excluding carboxylic acids is 2. The van der Waals surface area contributed by atoms with Crippen LogP contribution in [0.3, 0.4) is 0 Å². The van der Waals surface area contributed by atoms with Crippen LogP contribution in [0, 0.1) is 0 Å². The van der Waals surface area contributed by atoms with Crippen LogP contribution in [0.15, 0.2) is 58.4 Å². The van der Waals surface area contributed by atoms with Gasteiger partial charge in [-0.15, -0.1) is 11.3 Å². The molecule has 1 fully saturated rings. The van der Waals surface area contributed by atoms with Crippen molar-refractivity contribution < 1.29 is 24.2 Å². The first-order chi connectivity index (χ1) is 17.9. The van der Waals surface area contributed by atoms with Gasteiger partial charge in [0.25, 0.3) is 5.91 Å². The monoisotopic (exact) mass is 583 g/mol. The first-order valence-corrected chi connectivity index (χ1v) is 13.8.